The molecular weight excluding hydrogens is 198 g/mol. The van der Waals surface area contributed by atoms with Gasteiger partial charge in [0.25, 0.3) is 0 Å². The second-order valence-electron chi connectivity index (χ2n) is 3.12. The minimum absolute atomic E-state index is 0.0772. The number of hydrogen-bond acceptors (Lipinski definition) is 5. The summed E-state index contributed by atoms with van der Waals surface area (Å²) in [5.74, 6) is -1.13. The van der Waals surface area contributed by atoms with Crippen molar-refractivity contribution in [3.05, 3.63) is 0 Å². The van der Waals surface area contributed by atoms with Crippen LogP contribution in [0.5, 0.6) is 0 Å². The van der Waals surface area contributed by atoms with Crippen LogP contribution in [0.3, 0.4) is 0 Å². The maximum absolute atomic E-state index is 10.9. The Hall–Kier alpha value is -1.18. The van der Waals surface area contributed by atoms with Crippen molar-refractivity contribution in [3.8, 4) is 0 Å². The van der Waals surface area contributed by atoms with Gasteiger partial charge < -0.3 is 27.8 Å². The molecule has 0 saturated heterocycles. The van der Waals surface area contributed by atoms with Crippen LogP contribution < -0.4 is 27.8 Å². The third kappa shape index (κ3) is 7.86. The number of hydrogen-bond donors (Lipinski definition) is 5. The van der Waals surface area contributed by atoms with Crippen LogP contribution in [0, 0.1) is 0 Å². The van der Waals surface area contributed by atoms with E-state index >= 15 is 0 Å². The number of nitrogens with one attached hydrogen (secondary N) is 2. The van der Waals surface area contributed by atoms with Gasteiger partial charge in [0.15, 0.2) is 0 Å². The van der Waals surface area contributed by atoms with Crippen molar-refractivity contribution in [1.82, 2.24) is 10.6 Å². The van der Waals surface area contributed by atoms with Gasteiger partial charge in [-0.05, 0) is 0 Å². The lowest BCUT2D eigenvalue weighted by Gasteiger charge is -2.13. The van der Waals surface area contributed by atoms with Gasteiger partial charge in [0.1, 0.15) is 0 Å². The normalized spacial score (nSPS) is 12.3. The Balaban J connectivity index is 3.67. The fraction of sp³-hybridized carbons (Fsp3) is 0.750. The van der Waals surface area contributed by atoms with Crippen LogP contribution >= 0.6 is 0 Å². The monoisotopic (exact) mass is 217 g/mol. The van der Waals surface area contributed by atoms with Gasteiger partial charge in [-0.25, -0.2) is 0 Å². The largest absolute Gasteiger partial charge is 0.370 e. The molecule has 0 aliphatic heterocycles. The van der Waals surface area contributed by atoms with E-state index in [1.54, 1.807) is 0 Å². The molecule has 7 nitrogen and oxygen atoms in total. The van der Waals surface area contributed by atoms with Crippen LogP contribution in [0.25, 0.3) is 0 Å². The molecule has 0 fully saturated rings. The van der Waals surface area contributed by atoms with Crippen LogP contribution in [0.15, 0.2) is 0 Å². The molecule has 0 bridgehead atoms. The van der Waals surface area contributed by atoms with E-state index < -0.39 is 17.9 Å². The highest BCUT2D eigenvalue weighted by molar-refractivity contribution is 5.86. The van der Waals surface area contributed by atoms with Gasteiger partial charge in [0.2, 0.25) is 11.8 Å². The highest BCUT2D eigenvalue weighted by Crippen LogP contribution is 1.88. The molecule has 0 radical (unpaired) electrons. The molecule has 0 spiro atoms. The number of primary amides is 2. The SMILES string of the molecule is NCCNCCNC(CC(N)=O)C(N)=O. The molecular formula is C8H19N5O2. The lowest BCUT2D eigenvalue weighted by molar-refractivity contribution is -0.125. The van der Waals surface area contributed by atoms with Crippen LogP contribution in [-0.4, -0.2) is 44.0 Å². The quantitative estimate of drug-likeness (QED) is 0.260. The van der Waals surface area contributed by atoms with Gasteiger partial charge in [0, 0.05) is 26.2 Å². The average Bonchev–Trinajstić information content (AvgIpc) is 2.15. The summed E-state index contributed by atoms with van der Waals surface area (Å²) in [6, 6.07) is -0.692. The van der Waals surface area contributed by atoms with Gasteiger partial charge in [-0.15, -0.1) is 0 Å². The summed E-state index contributed by atoms with van der Waals surface area (Å²) in [5.41, 5.74) is 15.3. The Morgan fingerprint density at radius 3 is 2.27 bits per heavy atom. The highest BCUT2D eigenvalue weighted by Gasteiger charge is 2.16. The smallest absolute Gasteiger partial charge is 0.235 e. The second-order valence-corrected chi connectivity index (χ2v) is 3.12. The predicted molar refractivity (Wildman–Crippen MR) is 56.7 cm³/mol. The first-order chi connectivity index (χ1) is 7.07. The standard InChI is InChI=1S/C8H19N5O2/c9-1-2-12-3-4-13-6(8(11)15)5-7(10)14/h6,12-13H,1-5,9H2,(H2,10,14)(H2,11,15). The molecule has 88 valence electrons. The fourth-order valence-electron chi connectivity index (χ4n) is 1.04. The zero-order valence-electron chi connectivity index (χ0n) is 8.66. The van der Waals surface area contributed by atoms with Crippen LogP contribution in [0.4, 0.5) is 0 Å². The Labute approximate surface area is 88.7 Å². The van der Waals surface area contributed by atoms with Crippen molar-refractivity contribution in [2.45, 2.75) is 12.5 Å². The molecule has 0 aromatic heterocycles. The fourth-order valence-corrected chi connectivity index (χ4v) is 1.04. The maximum atomic E-state index is 10.9. The van der Waals surface area contributed by atoms with Crippen molar-refractivity contribution in [2.75, 3.05) is 26.2 Å². The summed E-state index contributed by atoms with van der Waals surface area (Å²) in [6.07, 6.45) is -0.0772. The van der Waals surface area contributed by atoms with Crippen LogP contribution in [0.2, 0.25) is 0 Å². The summed E-state index contributed by atoms with van der Waals surface area (Å²) in [6.45, 7) is 2.44. The second kappa shape index (κ2) is 8.16. The van der Waals surface area contributed by atoms with Gasteiger partial charge in [-0.2, -0.15) is 0 Å². The Bertz CT molecular complexity index is 209. The molecule has 1 unspecified atom stereocenters. The molecule has 0 aliphatic carbocycles. The van der Waals surface area contributed by atoms with E-state index in [2.05, 4.69) is 10.6 Å². The summed E-state index contributed by atoms with van der Waals surface area (Å²) in [7, 11) is 0. The predicted octanol–water partition coefficient (Wildman–Crippen LogP) is -3.15. The summed E-state index contributed by atoms with van der Waals surface area (Å²) < 4.78 is 0. The van der Waals surface area contributed by atoms with Crippen molar-refractivity contribution in [1.29, 1.82) is 0 Å². The van der Waals surface area contributed by atoms with E-state index in [1.807, 2.05) is 0 Å². The van der Waals surface area contributed by atoms with Crippen LogP contribution in [-0.2, 0) is 9.59 Å². The van der Waals surface area contributed by atoms with Crippen molar-refractivity contribution < 1.29 is 9.59 Å². The van der Waals surface area contributed by atoms with E-state index in [9.17, 15) is 9.59 Å². The summed E-state index contributed by atoms with van der Waals surface area (Å²) in [4.78, 5) is 21.5. The number of amides is 2. The highest BCUT2D eigenvalue weighted by atomic mass is 16.2. The molecule has 0 saturated carbocycles. The summed E-state index contributed by atoms with van der Waals surface area (Å²) in [5, 5.41) is 5.86. The van der Waals surface area contributed by atoms with Crippen molar-refractivity contribution in [2.24, 2.45) is 17.2 Å². The minimum Gasteiger partial charge on any atom is -0.370 e. The number of carbonyl (C=O) groups excluding carboxylic acids is 2. The molecule has 0 heterocycles. The molecule has 8 N–H and O–H groups in total. The maximum Gasteiger partial charge on any atom is 0.235 e. The topological polar surface area (TPSA) is 136 Å². The lowest BCUT2D eigenvalue weighted by Crippen LogP contribution is -2.46. The Morgan fingerprint density at radius 2 is 1.80 bits per heavy atom. The lowest BCUT2D eigenvalue weighted by atomic mass is 10.2. The van der Waals surface area contributed by atoms with E-state index in [-0.39, 0.29) is 6.42 Å². The third-order valence-corrected chi connectivity index (χ3v) is 1.76. The van der Waals surface area contributed by atoms with Gasteiger partial charge in [-0.1, -0.05) is 0 Å². The first-order valence-electron chi connectivity index (χ1n) is 4.79. The van der Waals surface area contributed by atoms with E-state index in [4.69, 9.17) is 17.2 Å². The molecule has 7 heteroatoms. The Kier molecular flexibility index (Phi) is 7.51. The molecule has 1 atom stereocenters. The molecule has 0 aromatic rings. The zero-order valence-corrected chi connectivity index (χ0v) is 8.66. The van der Waals surface area contributed by atoms with Crippen molar-refractivity contribution in [3.63, 3.8) is 0 Å². The number of carbonyl (C=O) groups is 2. The first kappa shape index (κ1) is 13.8. The number of rotatable bonds is 9. The van der Waals surface area contributed by atoms with Crippen LogP contribution in [0.1, 0.15) is 6.42 Å². The minimum atomic E-state index is -0.692. The molecule has 0 aromatic carbocycles. The van der Waals surface area contributed by atoms with E-state index in [0.717, 1.165) is 0 Å². The Morgan fingerprint density at radius 1 is 1.13 bits per heavy atom. The molecule has 0 rings (SSSR count). The average molecular weight is 217 g/mol. The van der Waals surface area contributed by atoms with Gasteiger partial charge >= 0.3 is 0 Å². The molecule has 0 aliphatic rings. The molecule has 15 heavy (non-hydrogen) atoms. The molecule has 2 amide bonds. The van der Waals surface area contributed by atoms with Gasteiger partial charge in [-0.3, -0.25) is 9.59 Å². The van der Waals surface area contributed by atoms with E-state index in [1.165, 1.54) is 0 Å². The van der Waals surface area contributed by atoms with E-state index in [0.29, 0.717) is 26.2 Å². The van der Waals surface area contributed by atoms with Gasteiger partial charge in [0.05, 0.1) is 12.5 Å². The zero-order chi connectivity index (χ0) is 11.7. The third-order valence-electron chi connectivity index (χ3n) is 1.76. The van der Waals surface area contributed by atoms with Crippen molar-refractivity contribution >= 4 is 11.8 Å². The summed E-state index contributed by atoms with van der Waals surface area (Å²) >= 11 is 0. The first-order valence-corrected chi connectivity index (χ1v) is 4.79. The number of nitrogens with two attached hydrogens (primary N) is 3.